The van der Waals surface area contributed by atoms with Crippen LogP contribution in [0.5, 0.6) is 0 Å². The fourth-order valence-electron chi connectivity index (χ4n) is 3.48. The Labute approximate surface area is 175 Å². The van der Waals surface area contributed by atoms with Gasteiger partial charge in [0.05, 0.1) is 16.5 Å². The molecular weight excluding hydrogens is 436 g/mol. The number of carbonyl (C=O) groups excluding carboxylic acids is 2. The van der Waals surface area contributed by atoms with Gasteiger partial charge in [-0.3, -0.25) is 14.2 Å². The van der Waals surface area contributed by atoms with E-state index in [9.17, 15) is 14.4 Å². The maximum absolute atomic E-state index is 12.8. The van der Waals surface area contributed by atoms with Crippen LogP contribution in [0, 0.1) is 0 Å². The van der Waals surface area contributed by atoms with Gasteiger partial charge in [0, 0.05) is 23.0 Å². The van der Waals surface area contributed by atoms with Crippen molar-refractivity contribution >= 4 is 38.6 Å². The second-order valence-corrected chi connectivity index (χ2v) is 7.95. The molecule has 7 heteroatoms. The molecule has 2 aromatic carbocycles. The van der Waals surface area contributed by atoms with Crippen LogP contribution < -0.4 is 5.56 Å². The number of fused-ring (bicyclic) bond motifs is 2. The predicted octanol–water partition coefficient (Wildman–Crippen LogP) is 3.93. The van der Waals surface area contributed by atoms with Gasteiger partial charge in [-0.1, -0.05) is 34.5 Å². The molecule has 6 nitrogen and oxygen atoms in total. The van der Waals surface area contributed by atoms with Crippen molar-refractivity contribution in [1.82, 2.24) is 9.55 Å². The van der Waals surface area contributed by atoms with Crippen molar-refractivity contribution in [2.75, 3.05) is 6.61 Å². The van der Waals surface area contributed by atoms with E-state index in [2.05, 4.69) is 20.9 Å². The first-order valence-corrected chi connectivity index (χ1v) is 10.3. The number of Topliss-reactive ketones (excluding diaryl/α,β-unsaturated/α-hetero) is 1. The first-order valence-electron chi connectivity index (χ1n) is 9.52. The Morgan fingerprint density at radius 1 is 1.03 bits per heavy atom. The molecule has 3 aromatic rings. The van der Waals surface area contributed by atoms with Crippen molar-refractivity contribution in [3.05, 3.63) is 74.2 Å². The van der Waals surface area contributed by atoms with Gasteiger partial charge in [0.15, 0.2) is 12.4 Å². The topological polar surface area (TPSA) is 78.3 Å². The molecule has 1 aliphatic rings. The summed E-state index contributed by atoms with van der Waals surface area (Å²) in [5, 5.41) is 0.484. The molecule has 0 unspecified atom stereocenters. The fraction of sp³-hybridized carbons (Fsp3) is 0.273. The molecule has 0 saturated heterocycles. The third kappa shape index (κ3) is 4.15. The number of carbonyl (C=O) groups is 2. The van der Waals surface area contributed by atoms with Gasteiger partial charge in [-0.2, -0.15) is 0 Å². The van der Waals surface area contributed by atoms with Crippen LogP contribution in [0.4, 0.5) is 0 Å². The average Bonchev–Trinajstić information content (AvgIpc) is 2.97. The van der Waals surface area contributed by atoms with Gasteiger partial charge in [0.25, 0.3) is 5.56 Å². The van der Waals surface area contributed by atoms with Crippen LogP contribution >= 0.6 is 15.9 Å². The van der Waals surface area contributed by atoms with Crippen molar-refractivity contribution in [3.63, 3.8) is 0 Å². The molecule has 0 atom stereocenters. The summed E-state index contributed by atoms with van der Waals surface area (Å²) >= 11 is 3.31. The van der Waals surface area contributed by atoms with Crippen LogP contribution in [0.25, 0.3) is 10.9 Å². The summed E-state index contributed by atoms with van der Waals surface area (Å²) in [5.41, 5.74) is 1.15. The van der Waals surface area contributed by atoms with Crippen molar-refractivity contribution in [3.8, 4) is 0 Å². The average molecular weight is 455 g/mol. The van der Waals surface area contributed by atoms with Crippen molar-refractivity contribution in [2.24, 2.45) is 0 Å². The van der Waals surface area contributed by atoms with Gasteiger partial charge in [0.1, 0.15) is 5.82 Å². The van der Waals surface area contributed by atoms with E-state index in [1.165, 1.54) is 0 Å². The number of hydrogen-bond donors (Lipinski definition) is 0. The summed E-state index contributed by atoms with van der Waals surface area (Å²) < 4.78 is 7.78. The number of aryl methyl sites for hydroxylation is 1. The Hall–Kier alpha value is -2.80. The Morgan fingerprint density at radius 2 is 1.79 bits per heavy atom. The number of rotatable bonds is 4. The van der Waals surface area contributed by atoms with Crippen LogP contribution in [0.2, 0.25) is 0 Å². The maximum Gasteiger partial charge on any atom is 0.338 e. The zero-order valence-corrected chi connectivity index (χ0v) is 17.3. The zero-order valence-electron chi connectivity index (χ0n) is 15.7. The van der Waals surface area contributed by atoms with Gasteiger partial charge in [-0.05, 0) is 43.2 Å². The third-order valence-electron chi connectivity index (χ3n) is 5.05. The Balaban J connectivity index is 1.54. The van der Waals surface area contributed by atoms with Crippen LogP contribution in [-0.4, -0.2) is 27.9 Å². The molecule has 0 aliphatic carbocycles. The Kier molecular flexibility index (Phi) is 5.58. The molecular formula is C22H19BrN2O4. The van der Waals surface area contributed by atoms with Gasteiger partial charge < -0.3 is 4.74 Å². The van der Waals surface area contributed by atoms with E-state index in [-0.39, 0.29) is 23.5 Å². The summed E-state index contributed by atoms with van der Waals surface area (Å²) in [6, 6.07) is 11.6. The molecule has 0 bridgehead atoms. The van der Waals surface area contributed by atoms with Crippen LogP contribution in [0.3, 0.4) is 0 Å². The number of aromatic nitrogens is 2. The minimum Gasteiger partial charge on any atom is -0.454 e. The second kappa shape index (κ2) is 8.29. The lowest BCUT2D eigenvalue weighted by Gasteiger charge is -2.11. The van der Waals surface area contributed by atoms with Crippen LogP contribution in [0.1, 0.15) is 45.8 Å². The minimum absolute atomic E-state index is 0.0720. The molecule has 1 aromatic heterocycles. The molecule has 0 radical (unpaired) electrons. The van der Waals surface area contributed by atoms with Gasteiger partial charge in [0.2, 0.25) is 0 Å². The van der Waals surface area contributed by atoms with Crippen LogP contribution in [-0.2, 0) is 17.7 Å². The molecule has 0 N–H and O–H groups in total. The molecule has 29 heavy (non-hydrogen) atoms. The monoisotopic (exact) mass is 454 g/mol. The van der Waals surface area contributed by atoms with Crippen molar-refractivity contribution in [1.29, 1.82) is 0 Å². The number of ketones is 1. The highest BCUT2D eigenvalue weighted by atomic mass is 79.9. The molecule has 0 amide bonds. The lowest BCUT2D eigenvalue weighted by atomic mass is 10.1. The maximum atomic E-state index is 12.8. The summed E-state index contributed by atoms with van der Waals surface area (Å²) in [4.78, 5) is 42.0. The minimum atomic E-state index is -0.616. The first kappa shape index (κ1) is 19.5. The second-order valence-electron chi connectivity index (χ2n) is 7.03. The molecule has 4 rings (SSSR count). The first-order chi connectivity index (χ1) is 14.0. The lowest BCUT2D eigenvalue weighted by Crippen LogP contribution is -2.24. The number of esters is 1. The van der Waals surface area contributed by atoms with E-state index in [0.29, 0.717) is 23.0 Å². The van der Waals surface area contributed by atoms with Crippen LogP contribution in [0.15, 0.2) is 51.7 Å². The largest absolute Gasteiger partial charge is 0.454 e. The quantitative estimate of drug-likeness (QED) is 0.440. The Morgan fingerprint density at radius 3 is 2.59 bits per heavy atom. The normalized spacial score (nSPS) is 13.6. The summed E-state index contributed by atoms with van der Waals surface area (Å²) in [6.07, 6.45) is 3.79. The van der Waals surface area contributed by atoms with Gasteiger partial charge in [-0.15, -0.1) is 0 Å². The number of benzene rings is 2. The number of hydrogen-bond acceptors (Lipinski definition) is 5. The van der Waals surface area contributed by atoms with E-state index in [0.717, 1.165) is 36.0 Å². The number of ether oxygens (including phenoxy) is 1. The Bertz CT molecular complexity index is 1150. The molecule has 0 spiro atoms. The molecule has 0 fully saturated rings. The van der Waals surface area contributed by atoms with E-state index < -0.39 is 5.97 Å². The molecule has 1 aliphatic heterocycles. The van der Waals surface area contributed by atoms with Gasteiger partial charge in [-0.25, -0.2) is 9.78 Å². The fourth-order valence-corrected chi connectivity index (χ4v) is 3.74. The smallest absolute Gasteiger partial charge is 0.338 e. The summed E-state index contributed by atoms with van der Waals surface area (Å²) in [6.45, 7) is 0.331. The highest BCUT2D eigenvalue weighted by Gasteiger charge is 2.17. The number of nitrogens with zero attached hydrogens (tertiary/aromatic N) is 2. The molecule has 2 heterocycles. The molecule has 0 saturated carbocycles. The third-order valence-corrected chi connectivity index (χ3v) is 5.58. The summed E-state index contributed by atoms with van der Waals surface area (Å²) in [7, 11) is 0. The molecule has 148 valence electrons. The SMILES string of the molecule is O=C(COC(=O)c1ccc2c(=O)n3c(nc2c1)CCCCC3)c1ccc(Br)cc1. The highest BCUT2D eigenvalue weighted by Crippen LogP contribution is 2.17. The van der Waals surface area contributed by atoms with E-state index in [4.69, 9.17) is 4.74 Å². The highest BCUT2D eigenvalue weighted by molar-refractivity contribution is 9.10. The van der Waals surface area contributed by atoms with E-state index in [1.807, 2.05) is 0 Å². The summed E-state index contributed by atoms with van der Waals surface area (Å²) in [5.74, 6) is -0.140. The van der Waals surface area contributed by atoms with Gasteiger partial charge >= 0.3 is 5.97 Å². The predicted molar refractivity (Wildman–Crippen MR) is 112 cm³/mol. The lowest BCUT2D eigenvalue weighted by molar-refractivity contribution is 0.0475. The van der Waals surface area contributed by atoms with Crippen molar-refractivity contribution in [2.45, 2.75) is 32.2 Å². The van der Waals surface area contributed by atoms with E-state index in [1.54, 1.807) is 47.0 Å². The van der Waals surface area contributed by atoms with Crippen molar-refractivity contribution < 1.29 is 14.3 Å². The zero-order chi connectivity index (χ0) is 20.4. The van der Waals surface area contributed by atoms with E-state index >= 15 is 0 Å². The number of halogens is 1. The standard InChI is InChI=1S/C22H19BrN2O4/c23-16-8-5-14(6-9-16)19(26)13-29-22(28)15-7-10-17-18(12-15)24-20-4-2-1-3-11-25(20)21(17)27/h5-10,12H,1-4,11,13H2.